The van der Waals surface area contributed by atoms with Gasteiger partial charge in [0, 0.05) is 6.20 Å². The third-order valence-electron chi connectivity index (χ3n) is 4.26. The summed E-state index contributed by atoms with van der Waals surface area (Å²) in [4.78, 5) is 12.1. The van der Waals surface area contributed by atoms with Crippen LogP contribution in [0.1, 0.15) is 43.0 Å². The van der Waals surface area contributed by atoms with Gasteiger partial charge in [0.15, 0.2) is 0 Å². The molecule has 0 radical (unpaired) electrons. The molecule has 4 nitrogen and oxygen atoms in total. The Bertz CT molecular complexity index is 634. The maximum Gasteiger partial charge on any atom is 0.435 e. The number of ether oxygens (including phenoxy) is 1. The van der Waals surface area contributed by atoms with Crippen LogP contribution in [-0.2, 0) is 24.2 Å². The van der Waals surface area contributed by atoms with Gasteiger partial charge < -0.3 is 4.74 Å². The molecule has 0 bridgehead atoms. The van der Waals surface area contributed by atoms with Crippen LogP contribution in [0.2, 0.25) is 0 Å². The van der Waals surface area contributed by atoms with Gasteiger partial charge in [-0.3, -0.25) is 0 Å². The summed E-state index contributed by atoms with van der Waals surface area (Å²) >= 11 is 0. The number of benzene rings is 1. The maximum absolute atomic E-state index is 12.1. The SMILES string of the molecule is CCCC1CCc2nn(C(=O)OCc3ccccc3)cc2C1. The summed E-state index contributed by atoms with van der Waals surface area (Å²) < 4.78 is 6.69. The van der Waals surface area contributed by atoms with Crippen molar-refractivity contribution in [3.05, 3.63) is 53.3 Å². The second kappa shape index (κ2) is 6.77. The number of fused-ring (bicyclic) bond motifs is 1. The molecule has 116 valence electrons. The molecule has 0 spiro atoms. The Hall–Kier alpha value is -2.10. The second-order valence-electron chi connectivity index (χ2n) is 5.98. The van der Waals surface area contributed by atoms with Crippen LogP contribution >= 0.6 is 0 Å². The summed E-state index contributed by atoms with van der Waals surface area (Å²) in [5.41, 5.74) is 3.25. The molecule has 1 aliphatic carbocycles. The van der Waals surface area contributed by atoms with Crippen molar-refractivity contribution in [1.82, 2.24) is 9.78 Å². The first-order valence-corrected chi connectivity index (χ1v) is 8.04. The molecule has 0 N–H and O–H groups in total. The zero-order valence-electron chi connectivity index (χ0n) is 13.0. The van der Waals surface area contributed by atoms with E-state index in [9.17, 15) is 4.79 Å². The van der Waals surface area contributed by atoms with Crippen LogP contribution in [0.15, 0.2) is 36.5 Å². The highest BCUT2D eigenvalue weighted by Crippen LogP contribution is 2.27. The van der Waals surface area contributed by atoms with E-state index in [0.29, 0.717) is 0 Å². The van der Waals surface area contributed by atoms with E-state index in [4.69, 9.17) is 4.74 Å². The topological polar surface area (TPSA) is 44.1 Å². The van der Waals surface area contributed by atoms with Crippen LogP contribution in [-0.4, -0.2) is 15.9 Å². The van der Waals surface area contributed by atoms with Gasteiger partial charge in [-0.2, -0.15) is 9.78 Å². The van der Waals surface area contributed by atoms with Gasteiger partial charge in [-0.25, -0.2) is 4.79 Å². The summed E-state index contributed by atoms with van der Waals surface area (Å²) in [6.07, 6.45) is 7.11. The minimum atomic E-state index is -0.398. The summed E-state index contributed by atoms with van der Waals surface area (Å²) in [5, 5.41) is 4.40. The lowest BCUT2D eigenvalue weighted by molar-refractivity contribution is 0.137. The predicted molar refractivity (Wildman–Crippen MR) is 84.7 cm³/mol. The standard InChI is InChI=1S/C18H22N2O2/c1-2-6-14-9-10-17-16(11-14)12-20(19-17)18(21)22-13-15-7-4-3-5-8-15/h3-5,7-8,12,14H,2,6,9-11,13H2,1H3. The minimum Gasteiger partial charge on any atom is -0.443 e. The number of aryl methyl sites for hydroxylation is 1. The van der Waals surface area contributed by atoms with Gasteiger partial charge >= 0.3 is 6.09 Å². The molecule has 1 atom stereocenters. The zero-order chi connectivity index (χ0) is 15.4. The fourth-order valence-electron chi connectivity index (χ4n) is 3.11. The van der Waals surface area contributed by atoms with Gasteiger partial charge in [-0.15, -0.1) is 0 Å². The van der Waals surface area contributed by atoms with E-state index in [0.717, 1.165) is 30.0 Å². The molecule has 0 saturated carbocycles. The van der Waals surface area contributed by atoms with Crippen LogP contribution in [0.5, 0.6) is 0 Å². The van der Waals surface area contributed by atoms with E-state index in [1.165, 1.54) is 29.5 Å². The van der Waals surface area contributed by atoms with Crippen LogP contribution in [0, 0.1) is 5.92 Å². The average Bonchev–Trinajstić information content (AvgIpc) is 2.97. The number of hydrogen-bond acceptors (Lipinski definition) is 3. The van der Waals surface area contributed by atoms with E-state index < -0.39 is 6.09 Å². The van der Waals surface area contributed by atoms with Crippen LogP contribution in [0.4, 0.5) is 4.79 Å². The van der Waals surface area contributed by atoms with Crippen molar-refractivity contribution in [1.29, 1.82) is 0 Å². The fraction of sp³-hybridized carbons (Fsp3) is 0.444. The summed E-state index contributed by atoms with van der Waals surface area (Å²) in [7, 11) is 0. The second-order valence-corrected chi connectivity index (χ2v) is 5.98. The summed E-state index contributed by atoms with van der Waals surface area (Å²) in [6, 6.07) is 9.69. The normalized spacial score (nSPS) is 17.0. The average molecular weight is 298 g/mol. The van der Waals surface area contributed by atoms with Crippen molar-refractivity contribution >= 4 is 6.09 Å². The van der Waals surface area contributed by atoms with E-state index in [2.05, 4.69) is 12.0 Å². The molecule has 0 saturated heterocycles. The van der Waals surface area contributed by atoms with Gasteiger partial charge in [-0.1, -0.05) is 50.1 Å². The Morgan fingerprint density at radius 3 is 2.95 bits per heavy atom. The van der Waals surface area contributed by atoms with Crippen LogP contribution < -0.4 is 0 Å². The quantitative estimate of drug-likeness (QED) is 0.857. The maximum atomic E-state index is 12.1. The van der Waals surface area contributed by atoms with Crippen molar-refractivity contribution in [2.75, 3.05) is 0 Å². The summed E-state index contributed by atoms with van der Waals surface area (Å²) in [5.74, 6) is 0.732. The van der Waals surface area contributed by atoms with E-state index in [1.807, 2.05) is 36.5 Å². The molecule has 1 heterocycles. The smallest absolute Gasteiger partial charge is 0.435 e. The van der Waals surface area contributed by atoms with Gasteiger partial charge in [-0.05, 0) is 36.3 Å². The molecule has 2 aromatic rings. The Morgan fingerprint density at radius 1 is 1.36 bits per heavy atom. The Labute approximate surface area is 131 Å². The lowest BCUT2D eigenvalue weighted by Crippen LogP contribution is -2.14. The lowest BCUT2D eigenvalue weighted by atomic mass is 9.85. The number of carbonyl (C=O) groups is 1. The van der Waals surface area contributed by atoms with E-state index in [-0.39, 0.29) is 6.61 Å². The molecule has 1 unspecified atom stereocenters. The fourth-order valence-corrected chi connectivity index (χ4v) is 3.11. The molecule has 0 aliphatic heterocycles. The highest BCUT2D eigenvalue weighted by atomic mass is 16.6. The molecule has 4 heteroatoms. The first-order valence-electron chi connectivity index (χ1n) is 8.04. The molecular weight excluding hydrogens is 276 g/mol. The first kappa shape index (κ1) is 14.8. The number of aromatic nitrogens is 2. The van der Waals surface area contributed by atoms with E-state index in [1.54, 1.807) is 0 Å². The van der Waals surface area contributed by atoms with Crippen molar-refractivity contribution in [2.24, 2.45) is 5.92 Å². The Kier molecular flexibility index (Phi) is 4.56. The third kappa shape index (κ3) is 3.38. The largest absolute Gasteiger partial charge is 0.443 e. The lowest BCUT2D eigenvalue weighted by Gasteiger charge is -2.20. The highest BCUT2D eigenvalue weighted by Gasteiger charge is 2.22. The van der Waals surface area contributed by atoms with Crippen molar-refractivity contribution in [2.45, 2.75) is 45.6 Å². The van der Waals surface area contributed by atoms with Crippen molar-refractivity contribution in [3.63, 3.8) is 0 Å². The molecule has 1 aromatic carbocycles. The number of nitrogens with zero attached hydrogens (tertiary/aromatic N) is 2. The number of rotatable bonds is 4. The summed E-state index contributed by atoms with van der Waals surface area (Å²) in [6.45, 7) is 2.50. The monoisotopic (exact) mass is 298 g/mol. The Balaban J connectivity index is 1.62. The molecule has 1 aliphatic rings. The van der Waals surface area contributed by atoms with Gasteiger partial charge in [0.2, 0.25) is 0 Å². The zero-order valence-corrected chi connectivity index (χ0v) is 13.0. The number of hydrogen-bond donors (Lipinski definition) is 0. The molecular formula is C18H22N2O2. The number of carbonyl (C=O) groups excluding carboxylic acids is 1. The van der Waals surface area contributed by atoms with Gasteiger partial charge in [0.05, 0.1) is 5.69 Å². The van der Waals surface area contributed by atoms with Crippen molar-refractivity contribution in [3.8, 4) is 0 Å². The molecule has 1 aromatic heterocycles. The van der Waals surface area contributed by atoms with Crippen LogP contribution in [0.25, 0.3) is 0 Å². The van der Waals surface area contributed by atoms with Crippen LogP contribution in [0.3, 0.4) is 0 Å². The highest BCUT2D eigenvalue weighted by molar-refractivity contribution is 5.69. The van der Waals surface area contributed by atoms with Gasteiger partial charge in [0.25, 0.3) is 0 Å². The molecule has 0 amide bonds. The minimum absolute atomic E-state index is 0.280. The first-order chi connectivity index (χ1) is 10.8. The third-order valence-corrected chi connectivity index (χ3v) is 4.26. The van der Waals surface area contributed by atoms with Crippen molar-refractivity contribution < 1.29 is 9.53 Å². The molecule has 0 fully saturated rings. The molecule has 22 heavy (non-hydrogen) atoms. The van der Waals surface area contributed by atoms with Gasteiger partial charge in [0.1, 0.15) is 6.61 Å². The van der Waals surface area contributed by atoms with E-state index >= 15 is 0 Å². The predicted octanol–water partition coefficient (Wildman–Crippen LogP) is 3.97. The Morgan fingerprint density at radius 2 is 2.18 bits per heavy atom. The molecule has 3 rings (SSSR count).